The van der Waals surface area contributed by atoms with Crippen molar-refractivity contribution in [2.45, 2.75) is 6.04 Å². The van der Waals surface area contributed by atoms with E-state index < -0.39 is 17.5 Å². The topological polar surface area (TPSA) is 3.01 Å². The van der Waals surface area contributed by atoms with Crippen molar-refractivity contribution in [2.75, 3.05) is 11.4 Å². The molecule has 1 fully saturated rings. The first-order chi connectivity index (χ1) is 8.66. The second-order valence-corrected chi connectivity index (χ2v) is 4.30. The predicted molar refractivity (Wildman–Crippen MR) is 62.8 cm³/mol. The molecule has 0 aromatic heterocycles. The third-order valence-electron chi connectivity index (χ3n) is 3.07. The highest BCUT2D eigenvalue weighted by Crippen LogP contribution is 2.42. The molecule has 1 heterocycles. The Morgan fingerprint density at radius 2 is 1.56 bits per heavy atom. The summed E-state index contributed by atoms with van der Waals surface area (Å²) < 4.78 is 40.0. The summed E-state index contributed by atoms with van der Waals surface area (Å²) in [6, 6.07) is 10.8. The van der Waals surface area contributed by atoms with E-state index in [2.05, 4.69) is 0 Å². The van der Waals surface area contributed by atoms with Gasteiger partial charge in [0, 0.05) is 18.7 Å². The molecule has 0 amide bonds. The number of rotatable bonds is 2. The summed E-state index contributed by atoms with van der Waals surface area (Å²) >= 11 is 0. The van der Waals surface area contributed by atoms with Gasteiger partial charge >= 0.3 is 0 Å². The van der Waals surface area contributed by atoms with Crippen LogP contribution in [-0.4, -0.2) is 6.54 Å². The number of hydrogen-bond acceptors (Lipinski definition) is 1. The molecule has 1 saturated heterocycles. The van der Waals surface area contributed by atoms with Crippen LogP contribution < -0.4 is 4.90 Å². The van der Waals surface area contributed by atoms with Crippen LogP contribution in [0.25, 0.3) is 0 Å². The van der Waals surface area contributed by atoms with Crippen LogP contribution in [0.5, 0.6) is 0 Å². The predicted octanol–water partition coefficient (Wildman–Crippen LogP) is 3.67. The van der Waals surface area contributed by atoms with Gasteiger partial charge in [-0.3, -0.25) is 0 Å². The van der Waals surface area contributed by atoms with Crippen molar-refractivity contribution in [1.29, 1.82) is 0 Å². The van der Waals surface area contributed by atoms with E-state index in [1.807, 2.05) is 30.3 Å². The van der Waals surface area contributed by atoms with Gasteiger partial charge in [0.1, 0.15) is 11.5 Å². The average Bonchev–Trinajstić information content (AvgIpc) is 3.09. The summed E-state index contributed by atoms with van der Waals surface area (Å²) in [7, 11) is 0. The summed E-state index contributed by atoms with van der Waals surface area (Å²) in [5.74, 6) is -2.61. The van der Waals surface area contributed by atoms with Crippen LogP contribution in [-0.2, 0) is 0 Å². The van der Waals surface area contributed by atoms with Gasteiger partial charge in [0.2, 0.25) is 0 Å². The summed E-state index contributed by atoms with van der Waals surface area (Å²) in [5.41, 5.74) is 0.853. The molecule has 1 aliphatic rings. The Balaban J connectivity index is 1.91. The maximum atomic E-state index is 13.6. The minimum Gasteiger partial charge on any atom is -0.356 e. The molecule has 0 unspecified atom stereocenters. The summed E-state index contributed by atoms with van der Waals surface area (Å²) in [6.45, 7) is 0.545. The van der Waals surface area contributed by atoms with Gasteiger partial charge < -0.3 is 4.90 Å². The Bertz CT molecular complexity index is 560. The van der Waals surface area contributed by atoms with Gasteiger partial charge in [-0.25, -0.2) is 13.2 Å². The van der Waals surface area contributed by atoms with Gasteiger partial charge in [-0.15, -0.1) is 0 Å². The fourth-order valence-electron chi connectivity index (χ4n) is 2.16. The van der Waals surface area contributed by atoms with E-state index >= 15 is 0 Å². The van der Waals surface area contributed by atoms with Gasteiger partial charge in [0.15, 0.2) is 11.6 Å². The van der Waals surface area contributed by atoms with E-state index in [0.29, 0.717) is 18.7 Å². The van der Waals surface area contributed by atoms with Crippen molar-refractivity contribution >= 4 is 5.69 Å². The molecule has 92 valence electrons. The van der Waals surface area contributed by atoms with E-state index in [-0.39, 0.29) is 11.7 Å². The molecule has 2 aromatic carbocycles. The molecule has 18 heavy (non-hydrogen) atoms. The second kappa shape index (κ2) is 4.05. The van der Waals surface area contributed by atoms with E-state index in [1.165, 1.54) is 0 Å². The van der Waals surface area contributed by atoms with Crippen molar-refractivity contribution in [2.24, 2.45) is 0 Å². The molecule has 3 rings (SSSR count). The molecule has 2 aromatic rings. The second-order valence-electron chi connectivity index (χ2n) is 4.30. The van der Waals surface area contributed by atoms with E-state index in [0.717, 1.165) is 5.56 Å². The first kappa shape index (κ1) is 11.1. The third kappa shape index (κ3) is 1.83. The highest BCUT2D eigenvalue weighted by Gasteiger charge is 2.38. The molecule has 1 nitrogen and oxygen atoms in total. The molecule has 0 spiro atoms. The highest BCUT2D eigenvalue weighted by molar-refractivity contribution is 5.58. The van der Waals surface area contributed by atoms with Crippen molar-refractivity contribution in [3.63, 3.8) is 0 Å². The molecule has 0 bridgehead atoms. The van der Waals surface area contributed by atoms with Crippen molar-refractivity contribution in [3.05, 3.63) is 65.5 Å². The quantitative estimate of drug-likeness (QED) is 0.734. The van der Waals surface area contributed by atoms with Crippen molar-refractivity contribution in [1.82, 2.24) is 0 Å². The monoisotopic (exact) mass is 249 g/mol. The minimum atomic E-state index is -0.896. The standard InChI is InChI=1S/C14H10F3N/c15-10-6-11(16)14(12(17)7-10)18-8-13(18)9-4-2-1-3-5-9/h1-7,13H,8H2/t13-,18?/m1/s1. The van der Waals surface area contributed by atoms with Crippen LogP contribution >= 0.6 is 0 Å². The molecule has 4 heteroatoms. The van der Waals surface area contributed by atoms with Gasteiger partial charge in [-0.2, -0.15) is 0 Å². The Labute approximate surface area is 102 Å². The third-order valence-corrected chi connectivity index (χ3v) is 3.07. The number of nitrogens with zero attached hydrogens (tertiary/aromatic N) is 1. The largest absolute Gasteiger partial charge is 0.356 e. The maximum Gasteiger partial charge on any atom is 0.152 e. The normalized spacial score (nSPS) is 17.9. The Morgan fingerprint density at radius 1 is 0.944 bits per heavy atom. The zero-order valence-electron chi connectivity index (χ0n) is 9.41. The Kier molecular flexibility index (Phi) is 2.51. The number of benzene rings is 2. The fourth-order valence-corrected chi connectivity index (χ4v) is 2.16. The summed E-state index contributed by atoms with van der Waals surface area (Å²) in [6.07, 6.45) is 0. The lowest BCUT2D eigenvalue weighted by molar-refractivity contribution is 0.545. The molecule has 0 N–H and O–H groups in total. The fraction of sp³-hybridized carbons (Fsp3) is 0.143. The molecule has 1 aliphatic heterocycles. The van der Waals surface area contributed by atoms with Crippen molar-refractivity contribution < 1.29 is 13.2 Å². The number of halogens is 3. The van der Waals surface area contributed by atoms with Gasteiger partial charge in [0.25, 0.3) is 0 Å². The highest BCUT2D eigenvalue weighted by atomic mass is 19.1. The lowest BCUT2D eigenvalue weighted by Gasteiger charge is -2.08. The molecule has 0 saturated carbocycles. The first-order valence-corrected chi connectivity index (χ1v) is 5.63. The number of hydrogen-bond donors (Lipinski definition) is 0. The molecular formula is C14H10F3N. The molecule has 1 atom stereocenters. The van der Waals surface area contributed by atoms with Gasteiger partial charge in [-0.05, 0) is 5.56 Å². The van der Waals surface area contributed by atoms with Crippen LogP contribution in [0.4, 0.5) is 18.9 Å². The van der Waals surface area contributed by atoms with Crippen molar-refractivity contribution in [3.8, 4) is 0 Å². The van der Waals surface area contributed by atoms with E-state index in [4.69, 9.17) is 0 Å². The van der Waals surface area contributed by atoms with E-state index in [9.17, 15) is 13.2 Å². The first-order valence-electron chi connectivity index (χ1n) is 5.63. The number of anilines is 1. The zero-order valence-corrected chi connectivity index (χ0v) is 9.41. The zero-order chi connectivity index (χ0) is 12.7. The SMILES string of the molecule is Fc1cc(F)c(N2C[C@@H]2c2ccccc2)c(F)c1. The van der Waals surface area contributed by atoms with Crippen LogP contribution in [0.3, 0.4) is 0 Å². The maximum absolute atomic E-state index is 13.6. The molecule has 0 radical (unpaired) electrons. The summed E-state index contributed by atoms with van der Waals surface area (Å²) in [5, 5.41) is 0. The van der Waals surface area contributed by atoms with Crippen LogP contribution in [0.2, 0.25) is 0 Å². The minimum absolute atomic E-state index is 0.0272. The van der Waals surface area contributed by atoms with Crippen LogP contribution in [0.15, 0.2) is 42.5 Å². The average molecular weight is 249 g/mol. The van der Waals surface area contributed by atoms with Gasteiger partial charge in [0.05, 0.1) is 6.04 Å². The smallest absolute Gasteiger partial charge is 0.152 e. The van der Waals surface area contributed by atoms with E-state index in [1.54, 1.807) is 4.90 Å². The van der Waals surface area contributed by atoms with Gasteiger partial charge in [-0.1, -0.05) is 30.3 Å². The Morgan fingerprint density at radius 3 is 2.17 bits per heavy atom. The molecular weight excluding hydrogens is 239 g/mol. The summed E-state index contributed by atoms with van der Waals surface area (Å²) in [4.78, 5) is 1.58. The lowest BCUT2D eigenvalue weighted by atomic mass is 10.1. The Hall–Kier alpha value is -1.97. The lowest BCUT2D eigenvalue weighted by Crippen LogP contribution is -2.01. The van der Waals surface area contributed by atoms with Crippen LogP contribution in [0.1, 0.15) is 11.6 Å². The van der Waals surface area contributed by atoms with Crippen LogP contribution in [0, 0.1) is 17.5 Å². The molecule has 0 aliphatic carbocycles.